The summed E-state index contributed by atoms with van der Waals surface area (Å²) in [5.41, 5.74) is 3.69. The van der Waals surface area contributed by atoms with E-state index in [9.17, 15) is 23.1 Å². The summed E-state index contributed by atoms with van der Waals surface area (Å²) in [6.07, 6.45) is -5.95. The number of carbonyl (C=O) groups is 1. The lowest BCUT2D eigenvalue weighted by molar-refractivity contribution is -0.208. The van der Waals surface area contributed by atoms with Crippen molar-refractivity contribution in [3.8, 4) is 17.0 Å². The molecule has 1 saturated heterocycles. The quantitative estimate of drug-likeness (QED) is 0.193. The van der Waals surface area contributed by atoms with Gasteiger partial charge in [-0.25, -0.2) is 0 Å². The first-order chi connectivity index (χ1) is 20.5. The molecular weight excluding hydrogens is 581 g/mol. The number of amides is 1. The molecule has 0 radical (unpaired) electrons. The zero-order chi connectivity index (χ0) is 30.7. The van der Waals surface area contributed by atoms with Crippen molar-refractivity contribution in [1.82, 2.24) is 20.4 Å². The molecule has 0 aliphatic carbocycles. The highest BCUT2D eigenvalue weighted by Gasteiger charge is 2.39. The minimum atomic E-state index is -4.61. The summed E-state index contributed by atoms with van der Waals surface area (Å²) >= 11 is 6.43. The summed E-state index contributed by atoms with van der Waals surface area (Å²) in [6.45, 7) is 4.48. The van der Waals surface area contributed by atoms with Crippen molar-refractivity contribution in [2.75, 3.05) is 19.6 Å². The fourth-order valence-electron chi connectivity index (χ4n) is 5.37. The smallest absolute Gasteiger partial charge is 0.415 e. The number of alkyl halides is 3. The molecule has 2 atom stereocenters. The fourth-order valence-corrected chi connectivity index (χ4v) is 5.63. The number of piperidine rings is 1. The highest BCUT2D eigenvalue weighted by molar-refractivity contribution is 6.31. The summed E-state index contributed by atoms with van der Waals surface area (Å²) in [6, 6.07) is 20.1. The summed E-state index contributed by atoms with van der Waals surface area (Å²) < 4.78 is 44.1. The van der Waals surface area contributed by atoms with Crippen molar-refractivity contribution in [3.63, 3.8) is 0 Å². The predicted octanol–water partition coefficient (Wildman–Crippen LogP) is 6.78. The number of hydrogen-bond donors (Lipinski definition) is 3. The van der Waals surface area contributed by atoms with Gasteiger partial charge in [0.25, 0.3) is 5.91 Å². The van der Waals surface area contributed by atoms with Gasteiger partial charge in [0, 0.05) is 41.2 Å². The van der Waals surface area contributed by atoms with Crippen molar-refractivity contribution in [3.05, 3.63) is 82.9 Å². The molecule has 0 saturated carbocycles. The number of likely N-dealkylation sites (tertiary alicyclic amines) is 1. The van der Waals surface area contributed by atoms with E-state index in [4.69, 9.17) is 16.3 Å². The number of hydrogen-bond acceptors (Lipinski definition) is 5. The normalized spacial score (nSPS) is 16.4. The lowest BCUT2D eigenvalue weighted by Crippen LogP contribution is -2.45. The molecule has 1 unspecified atom stereocenters. The SMILES string of the molecule is CC(C)[C@H](NC(=O)c1ccc2[nH]nc(-c3ccc(OC4CCN(CC(O)C(F)(F)F)CC4)cc3)c2c1)c1ccccc1Cl. The molecule has 5 rings (SSSR count). The number of aliphatic hydroxyl groups is 1. The highest BCUT2D eigenvalue weighted by atomic mass is 35.5. The maximum atomic E-state index is 13.3. The van der Waals surface area contributed by atoms with Crippen LogP contribution in [0.4, 0.5) is 13.2 Å². The molecule has 1 amide bonds. The molecule has 1 aliphatic rings. The van der Waals surface area contributed by atoms with Crippen LogP contribution in [0.25, 0.3) is 22.2 Å². The monoisotopic (exact) mass is 614 g/mol. The maximum Gasteiger partial charge on any atom is 0.415 e. The molecule has 2 heterocycles. The van der Waals surface area contributed by atoms with Crippen molar-refractivity contribution in [2.45, 2.75) is 51.1 Å². The molecule has 7 nitrogen and oxygen atoms in total. The van der Waals surface area contributed by atoms with Crippen molar-refractivity contribution < 1.29 is 27.8 Å². The second-order valence-electron chi connectivity index (χ2n) is 11.2. The van der Waals surface area contributed by atoms with E-state index >= 15 is 0 Å². The van der Waals surface area contributed by atoms with Crippen molar-refractivity contribution >= 4 is 28.4 Å². The highest BCUT2D eigenvalue weighted by Crippen LogP contribution is 2.31. The molecule has 1 aromatic heterocycles. The van der Waals surface area contributed by atoms with Gasteiger partial charge in [0.05, 0.1) is 17.3 Å². The molecule has 3 aromatic carbocycles. The Bertz CT molecular complexity index is 1550. The van der Waals surface area contributed by atoms with E-state index in [1.54, 1.807) is 11.0 Å². The molecule has 4 aromatic rings. The van der Waals surface area contributed by atoms with Crippen LogP contribution in [0.3, 0.4) is 0 Å². The lowest BCUT2D eigenvalue weighted by atomic mass is 9.95. The molecular formula is C32H34ClF3N4O3. The Balaban J connectivity index is 1.24. The standard InChI is InChI=1S/C32H34ClF3N4O3/c1-19(2)29(24-5-3-4-6-26(24)33)37-31(42)21-9-12-27-25(17-21)30(39-38-27)20-7-10-22(11-8-20)43-23-13-15-40(16-14-23)18-28(41)32(34,35)36/h3-12,17,19,23,28-29,41H,13-16,18H2,1-2H3,(H,37,42)(H,38,39)/t28?,29-/m0/s1. The van der Waals surface area contributed by atoms with Gasteiger partial charge < -0.3 is 20.1 Å². The predicted molar refractivity (Wildman–Crippen MR) is 160 cm³/mol. The van der Waals surface area contributed by atoms with Crippen LogP contribution in [0, 0.1) is 5.92 Å². The first kappa shape index (κ1) is 30.8. The van der Waals surface area contributed by atoms with Gasteiger partial charge >= 0.3 is 6.18 Å². The van der Waals surface area contributed by atoms with Gasteiger partial charge in [-0.05, 0) is 72.9 Å². The van der Waals surface area contributed by atoms with Gasteiger partial charge in [0.1, 0.15) is 11.9 Å². The zero-order valence-corrected chi connectivity index (χ0v) is 24.6. The number of β-amino-alcohol motifs (C(OH)–C–C–N with tert-alkyl or cyclic N) is 1. The number of fused-ring (bicyclic) bond motifs is 1. The van der Waals surface area contributed by atoms with E-state index < -0.39 is 18.8 Å². The van der Waals surface area contributed by atoms with Crippen LogP contribution in [0.2, 0.25) is 5.02 Å². The number of aromatic nitrogens is 2. The number of nitrogens with zero attached hydrogens (tertiary/aromatic N) is 2. The second-order valence-corrected chi connectivity index (χ2v) is 11.7. The van der Waals surface area contributed by atoms with Gasteiger partial charge in [-0.1, -0.05) is 43.6 Å². The van der Waals surface area contributed by atoms with E-state index in [1.165, 1.54) is 0 Å². The molecule has 11 heteroatoms. The Morgan fingerprint density at radius 2 is 1.81 bits per heavy atom. The summed E-state index contributed by atoms with van der Waals surface area (Å²) in [7, 11) is 0. The van der Waals surface area contributed by atoms with Crippen molar-refractivity contribution in [2.24, 2.45) is 5.92 Å². The van der Waals surface area contributed by atoms with Crippen LogP contribution in [-0.4, -0.2) is 64.1 Å². The third-order valence-corrected chi connectivity index (χ3v) is 8.14. The Morgan fingerprint density at radius 1 is 1.12 bits per heavy atom. The number of rotatable bonds is 9. The number of nitrogens with one attached hydrogen (secondary N) is 2. The van der Waals surface area contributed by atoms with E-state index in [0.29, 0.717) is 48.0 Å². The minimum absolute atomic E-state index is 0.118. The van der Waals surface area contributed by atoms with Crippen LogP contribution in [0.15, 0.2) is 66.7 Å². The summed E-state index contributed by atoms with van der Waals surface area (Å²) in [4.78, 5) is 15.0. The Hall–Kier alpha value is -3.60. The average molecular weight is 615 g/mol. The van der Waals surface area contributed by atoms with Crippen LogP contribution < -0.4 is 10.1 Å². The number of ether oxygens (including phenoxy) is 1. The third kappa shape index (κ3) is 7.31. The van der Waals surface area contributed by atoms with Crippen LogP contribution in [0.5, 0.6) is 5.75 Å². The topological polar surface area (TPSA) is 90.5 Å². The number of aliphatic hydroxyl groups excluding tert-OH is 1. The van der Waals surface area contributed by atoms with E-state index in [-0.39, 0.29) is 24.0 Å². The second kappa shape index (κ2) is 13.0. The number of benzene rings is 3. The summed E-state index contributed by atoms with van der Waals surface area (Å²) in [5.74, 6) is 0.555. The number of carbonyl (C=O) groups excluding carboxylic acids is 1. The van der Waals surface area contributed by atoms with Gasteiger partial charge in [-0.3, -0.25) is 9.89 Å². The summed E-state index contributed by atoms with van der Waals surface area (Å²) in [5, 5.41) is 21.4. The molecule has 3 N–H and O–H groups in total. The minimum Gasteiger partial charge on any atom is -0.490 e. The third-order valence-electron chi connectivity index (χ3n) is 7.79. The molecule has 1 aliphatic heterocycles. The zero-order valence-electron chi connectivity index (χ0n) is 23.9. The first-order valence-electron chi connectivity index (χ1n) is 14.3. The van der Waals surface area contributed by atoms with Gasteiger partial charge in [0.2, 0.25) is 0 Å². The largest absolute Gasteiger partial charge is 0.490 e. The number of halogens is 4. The van der Waals surface area contributed by atoms with Gasteiger partial charge in [-0.2, -0.15) is 18.3 Å². The molecule has 228 valence electrons. The van der Waals surface area contributed by atoms with E-state index in [1.807, 2.05) is 74.5 Å². The van der Waals surface area contributed by atoms with Crippen LogP contribution in [0.1, 0.15) is 48.7 Å². The van der Waals surface area contributed by atoms with E-state index in [0.717, 1.165) is 22.0 Å². The Morgan fingerprint density at radius 3 is 2.47 bits per heavy atom. The van der Waals surface area contributed by atoms with Crippen molar-refractivity contribution in [1.29, 1.82) is 0 Å². The van der Waals surface area contributed by atoms with Crippen LogP contribution in [-0.2, 0) is 0 Å². The lowest BCUT2D eigenvalue weighted by Gasteiger charge is -2.33. The number of aromatic amines is 1. The molecule has 0 bridgehead atoms. The first-order valence-corrected chi connectivity index (χ1v) is 14.6. The molecule has 1 fully saturated rings. The van der Waals surface area contributed by atoms with Gasteiger partial charge in [-0.15, -0.1) is 0 Å². The molecule has 0 spiro atoms. The van der Waals surface area contributed by atoms with E-state index in [2.05, 4.69) is 15.5 Å². The molecule has 43 heavy (non-hydrogen) atoms. The maximum absolute atomic E-state index is 13.3. The van der Waals surface area contributed by atoms with Gasteiger partial charge in [0.15, 0.2) is 6.10 Å². The number of H-pyrrole nitrogens is 1. The fraction of sp³-hybridized carbons (Fsp3) is 0.375. The van der Waals surface area contributed by atoms with Crippen LogP contribution >= 0.6 is 11.6 Å². The Kier molecular flexibility index (Phi) is 9.29. The Labute approximate surface area is 253 Å². The average Bonchev–Trinajstić information content (AvgIpc) is 3.40.